The van der Waals surface area contributed by atoms with E-state index in [0.29, 0.717) is 22.6 Å². The Kier molecular flexibility index (Phi) is 8.34. The maximum atomic E-state index is 13.2. The molecule has 0 aromatic heterocycles. The van der Waals surface area contributed by atoms with Crippen LogP contribution in [0.2, 0.25) is 0 Å². The van der Waals surface area contributed by atoms with E-state index < -0.39 is 10.8 Å². The van der Waals surface area contributed by atoms with Gasteiger partial charge in [-0.2, -0.15) is 0 Å². The quantitative estimate of drug-likeness (QED) is 0.711. The van der Waals surface area contributed by atoms with Gasteiger partial charge in [0.2, 0.25) is 0 Å². The molecular formula is C18H34Cl2N2OS. The first-order valence-electron chi connectivity index (χ1n) is 9.72. The van der Waals surface area contributed by atoms with Gasteiger partial charge in [-0.1, -0.05) is 12.8 Å². The number of rotatable bonds is 2. The molecule has 4 saturated heterocycles. The van der Waals surface area contributed by atoms with Gasteiger partial charge in [0.25, 0.3) is 0 Å². The number of piperidine rings is 2. The summed E-state index contributed by atoms with van der Waals surface area (Å²) in [7, 11) is -0.583. The summed E-state index contributed by atoms with van der Waals surface area (Å²) in [6.45, 7) is 5.05. The summed E-state index contributed by atoms with van der Waals surface area (Å²) in [5, 5.41) is 0.968. The van der Waals surface area contributed by atoms with Crippen LogP contribution in [0.4, 0.5) is 0 Å². The number of halogens is 2. The average molecular weight is 397 g/mol. The lowest BCUT2D eigenvalue weighted by molar-refractivity contribution is 0.0987. The van der Waals surface area contributed by atoms with Gasteiger partial charge < -0.3 is 0 Å². The monoisotopic (exact) mass is 396 g/mol. The maximum absolute atomic E-state index is 13.2. The van der Waals surface area contributed by atoms with Crippen molar-refractivity contribution in [3.8, 4) is 0 Å². The fraction of sp³-hybridized carbons (Fsp3) is 1.00. The molecule has 4 rings (SSSR count). The molecule has 4 unspecified atom stereocenters. The predicted molar refractivity (Wildman–Crippen MR) is 107 cm³/mol. The van der Waals surface area contributed by atoms with Gasteiger partial charge in [0.15, 0.2) is 0 Å². The first kappa shape index (κ1) is 21.0. The van der Waals surface area contributed by atoms with Crippen LogP contribution in [0.25, 0.3) is 0 Å². The van der Waals surface area contributed by atoms with Crippen LogP contribution in [0, 0.1) is 0 Å². The van der Waals surface area contributed by atoms with Gasteiger partial charge in [0.1, 0.15) is 0 Å². The van der Waals surface area contributed by atoms with Gasteiger partial charge in [-0.05, 0) is 77.5 Å². The maximum Gasteiger partial charge on any atom is 0.0507 e. The molecule has 4 heterocycles. The van der Waals surface area contributed by atoms with Crippen LogP contribution in [-0.2, 0) is 10.8 Å². The molecule has 3 nitrogen and oxygen atoms in total. The first-order chi connectivity index (χ1) is 10.8. The van der Waals surface area contributed by atoms with Crippen molar-refractivity contribution in [3.63, 3.8) is 0 Å². The van der Waals surface area contributed by atoms with Crippen molar-refractivity contribution in [2.45, 2.75) is 86.8 Å². The van der Waals surface area contributed by atoms with Crippen LogP contribution < -0.4 is 0 Å². The third-order valence-corrected chi connectivity index (χ3v) is 8.96. The fourth-order valence-electron chi connectivity index (χ4n) is 5.53. The van der Waals surface area contributed by atoms with Crippen LogP contribution in [0.3, 0.4) is 0 Å². The summed E-state index contributed by atoms with van der Waals surface area (Å²) >= 11 is 0. The van der Waals surface area contributed by atoms with E-state index in [9.17, 15) is 4.21 Å². The normalized spacial score (nSPS) is 41.1. The van der Waals surface area contributed by atoms with Gasteiger partial charge in [-0.25, -0.2) is 0 Å². The molecule has 0 aromatic carbocycles. The van der Waals surface area contributed by atoms with E-state index in [-0.39, 0.29) is 24.8 Å². The molecular weight excluding hydrogens is 363 g/mol. The van der Waals surface area contributed by atoms with Crippen molar-refractivity contribution >= 4 is 35.6 Å². The van der Waals surface area contributed by atoms with Crippen LogP contribution in [0.15, 0.2) is 0 Å². The Morgan fingerprint density at radius 2 is 0.958 bits per heavy atom. The van der Waals surface area contributed by atoms with Crippen molar-refractivity contribution in [1.29, 1.82) is 0 Å². The highest BCUT2D eigenvalue weighted by Gasteiger charge is 2.47. The predicted octanol–water partition coefficient (Wildman–Crippen LogP) is 3.61. The molecule has 2 bridgehead atoms. The number of likely N-dealkylation sites (tertiary alicyclic amines) is 2. The molecule has 24 heavy (non-hydrogen) atoms. The lowest BCUT2D eigenvalue weighted by Gasteiger charge is -2.51. The van der Waals surface area contributed by atoms with Crippen molar-refractivity contribution in [2.75, 3.05) is 26.2 Å². The van der Waals surface area contributed by atoms with Gasteiger partial charge in [0.05, 0.1) is 10.5 Å². The smallest absolute Gasteiger partial charge is 0.0507 e. The third kappa shape index (κ3) is 4.14. The van der Waals surface area contributed by atoms with E-state index >= 15 is 0 Å². The summed E-state index contributed by atoms with van der Waals surface area (Å²) in [6, 6.07) is 1.28. The van der Waals surface area contributed by atoms with Crippen LogP contribution in [0.1, 0.15) is 64.2 Å². The van der Waals surface area contributed by atoms with Crippen LogP contribution in [0.5, 0.6) is 0 Å². The minimum absolute atomic E-state index is 0. The molecule has 0 N–H and O–H groups in total. The number of nitrogens with zero attached hydrogens (tertiary/aromatic N) is 2. The lowest BCUT2D eigenvalue weighted by atomic mass is 9.88. The summed E-state index contributed by atoms with van der Waals surface area (Å²) in [6.07, 6.45) is 13.3. The molecule has 0 saturated carbocycles. The van der Waals surface area contributed by atoms with Gasteiger partial charge in [-0.3, -0.25) is 14.0 Å². The third-order valence-electron chi connectivity index (χ3n) is 6.67. The van der Waals surface area contributed by atoms with Crippen molar-refractivity contribution in [2.24, 2.45) is 0 Å². The second kappa shape index (κ2) is 9.55. The SMILES string of the molecule is Cl.Cl.O=S1C2CCC(N3CCCCC3)C1CCC2N1CCCCC1. The molecule has 4 aliphatic rings. The molecule has 0 amide bonds. The number of hydrogen-bond acceptors (Lipinski definition) is 3. The molecule has 4 fully saturated rings. The Hall–Kier alpha value is 0.650. The molecule has 4 aliphatic heterocycles. The first-order valence-corrected chi connectivity index (χ1v) is 11.0. The Morgan fingerprint density at radius 3 is 1.33 bits per heavy atom. The Morgan fingerprint density at radius 1 is 0.583 bits per heavy atom. The molecule has 6 heteroatoms. The summed E-state index contributed by atoms with van der Waals surface area (Å²) in [4.78, 5) is 5.40. The zero-order chi connectivity index (χ0) is 14.9. The zero-order valence-corrected chi connectivity index (χ0v) is 17.2. The van der Waals surface area contributed by atoms with Crippen LogP contribution in [-0.4, -0.2) is 62.8 Å². The molecule has 0 radical (unpaired) electrons. The van der Waals surface area contributed by atoms with Gasteiger partial charge in [0, 0.05) is 22.9 Å². The summed E-state index contributed by atoms with van der Waals surface area (Å²) in [5.74, 6) is 0. The molecule has 0 spiro atoms. The van der Waals surface area contributed by atoms with E-state index in [0.717, 1.165) is 0 Å². The standard InChI is InChI=1S/C18H32N2OS.2ClH/c21-22-17-10-8-16(20-13-5-2-6-14-20)18(22)9-7-15(17)19-11-3-1-4-12-19;;/h15-18H,1-14H2;2*1H. The highest BCUT2D eigenvalue weighted by molar-refractivity contribution is 7.86. The molecule has 0 aliphatic carbocycles. The highest BCUT2D eigenvalue weighted by Crippen LogP contribution is 2.39. The second-order valence-electron chi connectivity index (χ2n) is 7.89. The highest BCUT2D eigenvalue weighted by atomic mass is 35.5. The molecule has 0 aromatic rings. The molecule has 142 valence electrons. The van der Waals surface area contributed by atoms with Crippen molar-refractivity contribution in [1.82, 2.24) is 9.80 Å². The summed E-state index contributed by atoms with van der Waals surface area (Å²) in [5.41, 5.74) is 0. The lowest BCUT2D eigenvalue weighted by Crippen LogP contribution is -2.60. The topological polar surface area (TPSA) is 23.6 Å². The Bertz CT molecular complexity index is 378. The largest absolute Gasteiger partial charge is 0.299 e. The van der Waals surface area contributed by atoms with Gasteiger partial charge >= 0.3 is 0 Å². The van der Waals surface area contributed by atoms with E-state index in [4.69, 9.17) is 0 Å². The second-order valence-corrected chi connectivity index (χ2v) is 9.76. The number of hydrogen-bond donors (Lipinski definition) is 0. The minimum Gasteiger partial charge on any atom is -0.299 e. The minimum atomic E-state index is -0.583. The van der Waals surface area contributed by atoms with Gasteiger partial charge in [-0.15, -0.1) is 24.8 Å². The van der Waals surface area contributed by atoms with Crippen molar-refractivity contribution in [3.05, 3.63) is 0 Å². The van der Waals surface area contributed by atoms with E-state index in [1.807, 2.05) is 0 Å². The van der Waals surface area contributed by atoms with Crippen molar-refractivity contribution < 1.29 is 4.21 Å². The number of fused-ring (bicyclic) bond motifs is 2. The Labute approximate surface area is 162 Å². The van der Waals surface area contributed by atoms with E-state index in [1.54, 1.807) is 0 Å². The Balaban J connectivity index is 0.00000104. The van der Waals surface area contributed by atoms with Crippen LogP contribution >= 0.6 is 24.8 Å². The molecule has 4 atom stereocenters. The fourth-order valence-corrected chi connectivity index (χ4v) is 7.95. The average Bonchev–Trinajstić information content (AvgIpc) is 2.57. The zero-order valence-electron chi connectivity index (χ0n) is 14.7. The summed E-state index contributed by atoms with van der Waals surface area (Å²) < 4.78 is 13.2. The van der Waals surface area contributed by atoms with E-state index in [1.165, 1.54) is 90.4 Å². The van der Waals surface area contributed by atoms with E-state index in [2.05, 4.69) is 9.80 Å².